The summed E-state index contributed by atoms with van der Waals surface area (Å²) in [5, 5.41) is 0. The fraction of sp³-hybridized carbons (Fsp3) is 0.917. The van der Waals surface area contributed by atoms with Gasteiger partial charge in [-0.05, 0) is 38.5 Å². The van der Waals surface area contributed by atoms with Gasteiger partial charge in [0.15, 0.2) is 0 Å². The highest BCUT2D eigenvalue weighted by atomic mass is 16.7. The molecule has 0 radical (unpaired) electrons. The van der Waals surface area contributed by atoms with Crippen molar-refractivity contribution in [1.82, 2.24) is 0 Å². The van der Waals surface area contributed by atoms with Crippen LogP contribution in [-0.4, -0.2) is 18.4 Å². The number of carbonyl (C=O) groups excluding carboxylic acids is 1. The second-order valence-electron chi connectivity index (χ2n) is 5.07. The van der Waals surface area contributed by atoms with Gasteiger partial charge in [0, 0.05) is 0 Å². The van der Waals surface area contributed by atoms with Gasteiger partial charge in [-0.25, -0.2) is 4.79 Å². The number of hydrogen-bond acceptors (Lipinski definition) is 3. The Labute approximate surface area is 92.1 Å². The summed E-state index contributed by atoms with van der Waals surface area (Å²) in [4.78, 5) is 11.4. The zero-order chi connectivity index (χ0) is 11.3. The molecule has 0 bridgehead atoms. The van der Waals surface area contributed by atoms with Crippen molar-refractivity contribution < 1.29 is 14.3 Å². The van der Waals surface area contributed by atoms with E-state index in [4.69, 9.17) is 9.47 Å². The third-order valence-corrected chi connectivity index (χ3v) is 2.78. The first-order chi connectivity index (χ1) is 7.02. The van der Waals surface area contributed by atoms with Crippen LogP contribution >= 0.6 is 0 Å². The Morgan fingerprint density at radius 2 is 1.87 bits per heavy atom. The Balaban J connectivity index is 2.29. The lowest BCUT2D eigenvalue weighted by atomic mass is 9.86. The molecule has 1 aliphatic rings. The van der Waals surface area contributed by atoms with E-state index in [1.807, 2.05) is 20.8 Å². The Morgan fingerprint density at radius 3 is 2.40 bits per heavy atom. The second-order valence-corrected chi connectivity index (χ2v) is 5.07. The van der Waals surface area contributed by atoms with Crippen molar-refractivity contribution in [3.63, 3.8) is 0 Å². The Kier molecular flexibility index (Phi) is 4.43. The summed E-state index contributed by atoms with van der Waals surface area (Å²) in [5.74, 6) is 0.358. The molecule has 0 heterocycles. The van der Waals surface area contributed by atoms with E-state index >= 15 is 0 Å². The Morgan fingerprint density at radius 1 is 1.27 bits per heavy atom. The van der Waals surface area contributed by atoms with Crippen molar-refractivity contribution in [3.05, 3.63) is 0 Å². The molecule has 0 saturated heterocycles. The van der Waals surface area contributed by atoms with Gasteiger partial charge < -0.3 is 9.47 Å². The van der Waals surface area contributed by atoms with Gasteiger partial charge in [0.05, 0.1) is 6.61 Å². The summed E-state index contributed by atoms with van der Waals surface area (Å²) in [6, 6.07) is 0. The maximum Gasteiger partial charge on any atom is 0.508 e. The molecule has 0 spiro atoms. The summed E-state index contributed by atoms with van der Waals surface area (Å²) in [7, 11) is 0. The number of ether oxygens (including phenoxy) is 2. The molecule has 0 unspecified atom stereocenters. The fourth-order valence-electron chi connectivity index (χ4n) is 1.87. The minimum absolute atomic E-state index is 0.285. The van der Waals surface area contributed by atoms with E-state index in [2.05, 4.69) is 0 Å². The zero-order valence-corrected chi connectivity index (χ0v) is 10.0. The normalized spacial score (nSPS) is 20.0. The van der Waals surface area contributed by atoms with Crippen LogP contribution < -0.4 is 0 Å². The number of rotatable bonds is 3. The van der Waals surface area contributed by atoms with Crippen LogP contribution in [0.4, 0.5) is 4.79 Å². The molecule has 88 valence electrons. The molecule has 0 aliphatic heterocycles. The summed E-state index contributed by atoms with van der Waals surface area (Å²) in [6.45, 7) is 6.46. The van der Waals surface area contributed by atoms with Gasteiger partial charge in [0.1, 0.15) is 5.60 Å². The Hall–Kier alpha value is -0.730. The minimum Gasteiger partial charge on any atom is -0.434 e. The first-order valence-electron chi connectivity index (χ1n) is 5.88. The van der Waals surface area contributed by atoms with Gasteiger partial charge in [-0.15, -0.1) is 0 Å². The quantitative estimate of drug-likeness (QED) is 0.674. The summed E-state index contributed by atoms with van der Waals surface area (Å²) in [6.07, 6.45) is 4.96. The van der Waals surface area contributed by atoms with Gasteiger partial charge in [-0.2, -0.15) is 0 Å². The van der Waals surface area contributed by atoms with Crippen LogP contribution in [0.15, 0.2) is 0 Å². The van der Waals surface area contributed by atoms with Gasteiger partial charge in [0.2, 0.25) is 0 Å². The molecule has 0 aromatic carbocycles. The van der Waals surface area contributed by atoms with Crippen molar-refractivity contribution in [1.29, 1.82) is 0 Å². The monoisotopic (exact) mass is 214 g/mol. The average molecular weight is 214 g/mol. The van der Waals surface area contributed by atoms with Gasteiger partial charge >= 0.3 is 6.16 Å². The van der Waals surface area contributed by atoms with E-state index in [1.54, 1.807) is 0 Å². The van der Waals surface area contributed by atoms with Crippen LogP contribution in [0.1, 0.15) is 52.9 Å². The summed E-state index contributed by atoms with van der Waals surface area (Å²) < 4.78 is 10.4. The molecule has 15 heavy (non-hydrogen) atoms. The largest absolute Gasteiger partial charge is 0.508 e. The number of carbonyl (C=O) groups is 1. The van der Waals surface area contributed by atoms with Gasteiger partial charge in [0.25, 0.3) is 0 Å². The maximum atomic E-state index is 11.4. The molecular formula is C12H22O3. The van der Waals surface area contributed by atoms with Crippen molar-refractivity contribution in [2.45, 2.75) is 58.5 Å². The summed E-state index contributed by atoms with van der Waals surface area (Å²) >= 11 is 0. The molecule has 1 aliphatic carbocycles. The lowest BCUT2D eigenvalue weighted by Crippen LogP contribution is -2.34. The molecule has 0 aromatic heterocycles. The van der Waals surface area contributed by atoms with Crippen molar-refractivity contribution in [3.8, 4) is 0 Å². The van der Waals surface area contributed by atoms with Crippen LogP contribution in [0.25, 0.3) is 0 Å². The van der Waals surface area contributed by atoms with Crippen molar-refractivity contribution >= 4 is 6.16 Å². The SMILES string of the molecule is CC(C)COC(=O)OC1(C)CCCCC1. The molecule has 3 heteroatoms. The lowest BCUT2D eigenvalue weighted by Gasteiger charge is -2.32. The molecule has 1 rings (SSSR count). The third-order valence-electron chi connectivity index (χ3n) is 2.78. The highest BCUT2D eigenvalue weighted by Crippen LogP contribution is 2.31. The van der Waals surface area contributed by atoms with E-state index < -0.39 is 6.16 Å². The first-order valence-corrected chi connectivity index (χ1v) is 5.88. The van der Waals surface area contributed by atoms with E-state index in [-0.39, 0.29) is 5.60 Å². The molecular weight excluding hydrogens is 192 g/mol. The van der Waals surface area contributed by atoms with E-state index in [1.165, 1.54) is 6.42 Å². The second kappa shape index (κ2) is 5.38. The lowest BCUT2D eigenvalue weighted by molar-refractivity contribution is -0.0467. The Bertz CT molecular complexity index is 205. The molecule has 0 N–H and O–H groups in total. The zero-order valence-electron chi connectivity index (χ0n) is 10.0. The number of hydrogen-bond donors (Lipinski definition) is 0. The summed E-state index contributed by atoms with van der Waals surface area (Å²) in [5.41, 5.74) is -0.285. The van der Waals surface area contributed by atoms with Crippen molar-refractivity contribution in [2.24, 2.45) is 5.92 Å². The fourth-order valence-corrected chi connectivity index (χ4v) is 1.87. The van der Waals surface area contributed by atoms with Crippen molar-refractivity contribution in [2.75, 3.05) is 6.61 Å². The molecule has 1 saturated carbocycles. The van der Waals surface area contributed by atoms with Gasteiger partial charge in [-0.1, -0.05) is 20.3 Å². The van der Waals surface area contributed by atoms with Crippen LogP contribution in [0.3, 0.4) is 0 Å². The highest BCUT2D eigenvalue weighted by molar-refractivity contribution is 5.60. The van der Waals surface area contributed by atoms with Crippen LogP contribution in [0.2, 0.25) is 0 Å². The topological polar surface area (TPSA) is 35.5 Å². The van der Waals surface area contributed by atoms with E-state index in [0.717, 1.165) is 25.7 Å². The first kappa shape index (κ1) is 12.3. The predicted molar refractivity (Wildman–Crippen MR) is 58.8 cm³/mol. The smallest absolute Gasteiger partial charge is 0.434 e. The molecule has 0 aromatic rings. The van der Waals surface area contributed by atoms with Crippen LogP contribution in [0.5, 0.6) is 0 Å². The molecule has 3 nitrogen and oxygen atoms in total. The third kappa shape index (κ3) is 4.54. The van der Waals surface area contributed by atoms with E-state index in [0.29, 0.717) is 12.5 Å². The maximum absolute atomic E-state index is 11.4. The van der Waals surface area contributed by atoms with E-state index in [9.17, 15) is 4.79 Å². The molecule has 0 amide bonds. The van der Waals surface area contributed by atoms with Gasteiger partial charge in [-0.3, -0.25) is 0 Å². The standard InChI is InChI=1S/C12H22O3/c1-10(2)9-14-11(13)15-12(3)7-5-4-6-8-12/h10H,4-9H2,1-3H3. The van der Waals surface area contributed by atoms with Crippen LogP contribution in [-0.2, 0) is 9.47 Å². The molecule has 1 fully saturated rings. The van der Waals surface area contributed by atoms with Crippen LogP contribution in [0, 0.1) is 5.92 Å². The highest BCUT2D eigenvalue weighted by Gasteiger charge is 2.31. The predicted octanol–water partition coefficient (Wildman–Crippen LogP) is 3.52. The molecule has 0 atom stereocenters. The minimum atomic E-state index is -0.506. The average Bonchev–Trinajstić information content (AvgIpc) is 2.15.